The number of aromatic nitrogens is 1. The van der Waals surface area contributed by atoms with Crippen LogP contribution in [0, 0.1) is 0 Å². The molecule has 0 bridgehead atoms. The highest BCUT2D eigenvalue weighted by atomic mass is 35.5. The molecule has 0 radical (unpaired) electrons. The molecule has 0 amide bonds. The molecule has 152 valence electrons. The minimum atomic E-state index is -0.184. The smallest absolute Gasteiger partial charge is 0.175 e. The van der Waals surface area contributed by atoms with Gasteiger partial charge in [-0.3, -0.25) is 4.90 Å². The van der Waals surface area contributed by atoms with E-state index in [0.717, 1.165) is 29.8 Å². The normalized spacial score (nSPS) is 13.9. The number of phenolic OH excluding ortho intramolecular Hbond substituents is 2. The standard InChI is InChI=1S/C21H21ClN2O5/c1-27-19-4-3-12(7-20(19)28-2)10-24-6-5-16-14(11-24)21(29-23-16)13-8-15(22)18(26)9-17(13)25/h3-4,7-9,25-26H,5-6,10-11H2,1-2H3. The van der Waals surface area contributed by atoms with Gasteiger partial charge in [-0.15, -0.1) is 0 Å². The van der Waals surface area contributed by atoms with Crippen molar-refractivity contribution in [3.63, 3.8) is 0 Å². The third-order valence-electron chi connectivity index (χ3n) is 5.08. The Morgan fingerprint density at radius 1 is 1.10 bits per heavy atom. The Balaban J connectivity index is 1.59. The quantitative estimate of drug-likeness (QED) is 0.650. The summed E-state index contributed by atoms with van der Waals surface area (Å²) >= 11 is 6.02. The van der Waals surface area contributed by atoms with Crippen LogP contribution in [0.5, 0.6) is 23.0 Å². The fourth-order valence-electron chi connectivity index (χ4n) is 3.58. The van der Waals surface area contributed by atoms with Crippen molar-refractivity contribution in [3.8, 4) is 34.3 Å². The Morgan fingerprint density at radius 3 is 2.66 bits per heavy atom. The van der Waals surface area contributed by atoms with E-state index in [2.05, 4.69) is 10.1 Å². The lowest BCUT2D eigenvalue weighted by atomic mass is 10.0. The molecule has 29 heavy (non-hydrogen) atoms. The molecule has 2 heterocycles. The van der Waals surface area contributed by atoms with E-state index in [9.17, 15) is 10.2 Å². The van der Waals surface area contributed by atoms with Crippen LogP contribution in [0.1, 0.15) is 16.8 Å². The highest BCUT2D eigenvalue weighted by Gasteiger charge is 2.27. The van der Waals surface area contributed by atoms with Crippen LogP contribution < -0.4 is 9.47 Å². The summed E-state index contributed by atoms with van der Waals surface area (Å²) in [5.74, 6) is 1.56. The fourth-order valence-corrected chi connectivity index (χ4v) is 3.75. The molecule has 0 aliphatic carbocycles. The molecule has 2 aromatic carbocycles. The van der Waals surface area contributed by atoms with E-state index in [0.29, 0.717) is 35.9 Å². The van der Waals surface area contributed by atoms with Crippen LogP contribution in [0.25, 0.3) is 11.3 Å². The maximum Gasteiger partial charge on any atom is 0.175 e. The lowest BCUT2D eigenvalue weighted by molar-refractivity contribution is 0.244. The first-order valence-electron chi connectivity index (χ1n) is 9.12. The largest absolute Gasteiger partial charge is 0.507 e. The van der Waals surface area contributed by atoms with Crippen LogP contribution in [-0.4, -0.2) is 41.0 Å². The number of benzene rings is 2. The van der Waals surface area contributed by atoms with Crippen LogP contribution in [-0.2, 0) is 19.5 Å². The predicted octanol–water partition coefficient (Wildman–Crippen LogP) is 3.98. The van der Waals surface area contributed by atoms with E-state index in [1.165, 1.54) is 12.1 Å². The van der Waals surface area contributed by atoms with Gasteiger partial charge < -0.3 is 24.2 Å². The van der Waals surface area contributed by atoms with Gasteiger partial charge in [0.1, 0.15) is 11.5 Å². The van der Waals surface area contributed by atoms with Gasteiger partial charge >= 0.3 is 0 Å². The van der Waals surface area contributed by atoms with Crippen molar-refractivity contribution in [2.75, 3.05) is 20.8 Å². The second kappa shape index (κ2) is 7.85. The van der Waals surface area contributed by atoms with Gasteiger partial charge in [0.05, 0.1) is 30.5 Å². The van der Waals surface area contributed by atoms with Gasteiger partial charge in [-0.1, -0.05) is 22.8 Å². The molecule has 2 N–H and O–H groups in total. The molecule has 0 atom stereocenters. The number of hydrogen-bond acceptors (Lipinski definition) is 7. The van der Waals surface area contributed by atoms with Crippen molar-refractivity contribution in [1.82, 2.24) is 10.1 Å². The van der Waals surface area contributed by atoms with Gasteiger partial charge in [-0.05, 0) is 23.8 Å². The van der Waals surface area contributed by atoms with Gasteiger partial charge in [0, 0.05) is 37.7 Å². The highest BCUT2D eigenvalue weighted by molar-refractivity contribution is 6.32. The van der Waals surface area contributed by atoms with Crippen molar-refractivity contribution in [3.05, 3.63) is 52.2 Å². The number of aromatic hydroxyl groups is 2. The maximum atomic E-state index is 10.3. The molecular formula is C21H21ClN2O5. The molecule has 0 spiro atoms. The molecule has 8 heteroatoms. The van der Waals surface area contributed by atoms with Gasteiger partial charge in [-0.25, -0.2) is 0 Å². The Hall–Kier alpha value is -2.90. The predicted molar refractivity (Wildman–Crippen MR) is 108 cm³/mol. The van der Waals surface area contributed by atoms with E-state index in [4.69, 9.17) is 25.6 Å². The minimum Gasteiger partial charge on any atom is -0.507 e. The van der Waals surface area contributed by atoms with Crippen molar-refractivity contribution in [2.24, 2.45) is 0 Å². The van der Waals surface area contributed by atoms with Gasteiger partial charge in [0.25, 0.3) is 0 Å². The lowest BCUT2D eigenvalue weighted by Crippen LogP contribution is -2.30. The summed E-state index contributed by atoms with van der Waals surface area (Å²) in [6, 6.07) is 8.56. The lowest BCUT2D eigenvalue weighted by Gasteiger charge is -2.26. The molecule has 1 aliphatic heterocycles. The Labute approximate surface area is 173 Å². The first-order chi connectivity index (χ1) is 14.0. The number of hydrogen-bond donors (Lipinski definition) is 2. The zero-order valence-electron chi connectivity index (χ0n) is 16.1. The third kappa shape index (κ3) is 3.71. The number of nitrogens with zero attached hydrogens (tertiary/aromatic N) is 2. The molecule has 3 aromatic rings. The molecule has 0 saturated heterocycles. The summed E-state index contributed by atoms with van der Waals surface area (Å²) in [5, 5.41) is 24.2. The average Bonchev–Trinajstić information content (AvgIpc) is 3.13. The topological polar surface area (TPSA) is 88.2 Å². The third-order valence-corrected chi connectivity index (χ3v) is 5.38. The van der Waals surface area contributed by atoms with E-state index in [1.54, 1.807) is 14.2 Å². The van der Waals surface area contributed by atoms with Crippen LogP contribution in [0.2, 0.25) is 5.02 Å². The number of fused-ring (bicyclic) bond motifs is 1. The van der Waals surface area contributed by atoms with Crippen molar-refractivity contribution in [1.29, 1.82) is 0 Å². The van der Waals surface area contributed by atoms with E-state index in [-0.39, 0.29) is 16.5 Å². The van der Waals surface area contributed by atoms with Gasteiger partial charge in [0.2, 0.25) is 0 Å². The zero-order valence-corrected chi connectivity index (χ0v) is 16.9. The van der Waals surface area contributed by atoms with E-state index >= 15 is 0 Å². The Kier molecular flexibility index (Phi) is 5.25. The molecule has 1 aromatic heterocycles. The zero-order chi connectivity index (χ0) is 20.5. The molecule has 4 rings (SSSR count). The number of methoxy groups -OCH3 is 2. The molecule has 7 nitrogen and oxygen atoms in total. The first kappa shape index (κ1) is 19.4. The highest BCUT2D eigenvalue weighted by Crippen LogP contribution is 2.40. The van der Waals surface area contributed by atoms with Gasteiger partial charge in [0.15, 0.2) is 17.3 Å². The maximum absolute atomic E-state index is 10.3. The SMILES string of the molecule is COc1ccc(CN2CCc3noc(-c4cc(Cl)c(O)cc4O)c3C2)cc1OC. The number of rotatable bonds is 5. The summed E-state index contributed by atoms with van der Waals surface area (Å²) in [5.41, 5.74) is 3.29. The monoisotopic (exact) mass is 416 g/mol. The molecule has 0 saturated carbocycles. The Morgan fingerprint density at radius 2 is 1.90 bits per heavy atom. The van der Waals surface area contributed by atoms with Crippen molar-refractivity contribution >= 4 is 11.6 Å². The number of ether oxygens (including phenoxy) is 2. The number of phenols is 2. The molecule has 1 aliphatic rings. The average molecular weight is 417 g/mol. The van der Waals surface area contributed by atoms with Crippen molar-refractivity contribution in [2.45, 2.75) is 19.5 Å². The second-order valence-electron chi connectivity index (χ2n) is 6.91. The fraction of sp³-hybridized carbons (Fsp3) is 0.286. The van der Waals surface area contributed by atoms with Crippen LogP contribution >= 0.6 is 11.6 Å². The van der Waals surface area contributed by atoms with Gasteiger partial charge in [-0.2, -0.15) is 0 Å². The van der Waals surface area contributed by atoms with Crippen LogP contribution in [0.4, 0.5) is 0 Å². The summed E-state index contributed by atoms with van der Waals surface area (Å²) in [6.45, 7) is 2.16. The van der Waals surface area contributed by atoms with E-state index in [1.807, 2.05) is 18.2 Å². The molecule has 0 unspecified atom stereocenters. The summed E-state index contributed by atoms with van der Waals surface area (Å²) in [7, 11) is 3.23. The Bertz CT molecular complexity index is 1050. The molecular weight excluding hydrogens is 396 g/mol. The second-order valence-corrected chi connectivity index (χ2v) is 7.31. The van der Waals surface area contributed by atoms with Crippen LogP contribution in [0.3, 0.4) is 0 Å². The van der Waals surface area contributed by atoms with Crippen LogP contribution in [0.15, 0.2) is 34.9 Å². The van der Waals surface area contributed by atoms with E-state index < -0.39 is 0 Å². The summed E-state index contributed by atoms with van der Waals surface area (Å²) < 4.78 is 16.2. The summed E-state index contributed by atoms with van der Waals surface area (Å²) in [6.07, 6.45) is 0.735. The first-order valence-corrected chi connectivity index (χ1v) is 9.50. The number of halogens is 1. The van der Waals surface area contributed by atoms with Crippen molar-refractivity contribution < 1.29 is 24.2 Å². The minimum absolute atomic E-state index is 0.108. The summed E-state index contributed by atoms with van der Waals surface area (Å²) in [4.78, 5) is 2.27. The molecule has 0 fully saturated rings.